The number of fused-ring (bicyclic) bond motifs is 1. The smallest absolute Gasteiger partial charge is 0.293 e. The molecule has 168 valence electrons. The van der Waals surface area contributed by atoms with Gasteiger partial charge in [-0.3, -0.25) is 15.1 Å². The molecule has 0 saturated heterocycles. The topological polar surface area (TPSA) is 118 Å². The van der Waals surface area contributed by atoms with Crippen LogP contribution in [0, 0.1) is 10.1 Å². The van der Waals surface area contributed by atoms with E-state index in [9.17, 15) is 10.1 Å². The van der Waals surface area contributed by atoms with E-state index < -0.39 is 4.92 Å². The van der Waals surface area contributed by atoms with Crippen molar-refractivity contribution in [3.63, 3.8) is 0 Å². The Balaban J connectivity index is 1.51. The Hall–Kier alpha value is -4.11. The van der Waals surface area contributed by atoms with Crippen molar-refractivity contribution in [3.05, 3.63) is 94.1 Å². The van der Waals surface area contributed by atoms with Crippen LogP contribution in [-0.2, 0) is 19.6 Å². The van der Waals surface area contributed by atoms with Gasteiger partial charge in [0.25, 0.3) is 5.69 Å². The van der Waals surface area contributed by atoms with Crippen molar-refractivity contribution in [2.45, 2.75) is 26.6 Å². The summed E-state index contributed by atoms with van der Waals surface area (Å²) in [5, 5.41) is 22.0. The molecule has 4 aromatic rings. The van der Waals surface area contributed by atoms with Crippen LogP contribution in [0.2, 0.25) is 0 Å². The molecule has 0 atom stereocenters. The monoisotopic (exact) mass is 443 g/mol. The average Bonchev–Trinajstić information content (AvgIpc) is 2.83. The van der Waals surface area contributed by atoms with Crippen molar-refractivity contribution in [1.82, 2.24) is 20.3 Å². The lowest BCUT2D eigenvalue weighted by Gasteiger charge is -2.13. The van der Waals surface area contributed by atoms with Gasteiger partial charge >= 0.3 is 0 Å². The lowest BCUT2D eigenvalue weighted by molar-refractivity contribution is -0.383. The molecule has 0 bridgehead atoms. The lowest BCUT2D eigenvalue weighted by Crippen LogP contribution is -2.15. The predicted molar refractivity (Wildman–Crippen MR) is 129 cm³/mol. The van der Waals surface area contributed by atoms with Gasteiger partial charge in [0.1, 0.15) is 17.8 Å². The van der Waals surface area contributed by atoms with Gasteiger partial charge in [-0.25, -0.2) is 9.97 Å². The number of nitrogens with zero attached hydrogens (tertiary/aromatic N) is 4. The van der Waals surface area contributed by atoms with Crippen molar-refractivity contribution in [3.8, 4) is 0 Å². The molecule has 9 heteroatoms. The van der Waals surface area contributed by atoms with Crippen LogP contribution in [0.4, 0.5) is 17.2 Å². The zero-order valence-corrected chi connectivity index (χ0v) is 18.3. The highest BCUT2D eigenvalue weighted by molar-refractivity contribution is 5.94. The van der Waals surface area contributed by atoms with Crippen LogP contribution in [-0.4, -0.2) is 26.4 Å². The third kappa shape index (κ3) is 5.39. The van der Waals surface area contributed by atoms with E-state index in [1.54, 1.807) is 12.3 Å². The van der Waals surface area contributed by atoms with E-state index in [0.29, 0.717) is 48.6 Å². The quantitative estimate of drug-likeness (QED) is 0.246. The summed E-state index contributed by atoms with van der Waals surface area (Å²) < 4.78 is 0. The van der Waals surface area contributed by atoms with Gasteiger partial charge in [-0.2, -0.15) is 0 Å². The molecule has 2 heterocycles. The Morgan fingerprint density at radius 2 is 1.70 bits per heavy atom. The number of nitro benzene ring substituents is 1. The van der Waals surface area contributed by atoms with Crippen LogP contribution in [0.3, 0.4) is 0 Å². The Kier molecular flexibility index (Phi) is 7.01. The number of nitro groups is 1. The molecule has 3 N–H and O–H groups in total. The molecule has 0 unspecified atom stereocenters. The highest BCUT2D eigenvalue weighted by atomic mass is 16.6. The molecule has 33 heavy (non-hydrogen) atoms. The van der Waals surface area contributed by atoms with Gasteiger partial charge in [-0.05, 0) is 36.2 Å². The largest absolute Gasteiger partial charge is 0.380 e. The zero-order valence-electron chi connectivity index (χ0n) is 18.3. The average molecular weight is 444 g/mol. The molecule has 2 aromatic heterocycles. The van der Waals surface area contributed by atoms with Gasteiger partial charge in [0.05, 0.1) is 16.1 Å². The van der Waals surface area contributed by atoms with Gasteiger partial charge in [0.15, 0.2) is 0 Å². The molecule has 0 spiro atoms. The van der Waals surface area contributed by atoms with Gasteiger partial charge in [-0.1, -0.05) is 30.3 Å². The first-order chi connectivity index (χ1) is 16.2. The van der Waals surface area contributed by atoms with Gasteiger partial charge in [0, 0.05) is 43.8 Å². The van der Waals surface area contributed by atoms with Crippen LogP contribution >= 0.6 is 0 Å². The van der Waals surface area contributed by atoms with E-state index in [1.807, 2.05) is 37.3 Å². The van der Waals surface area contributed by atoms with Crippen LogP contribution in [0.1, 0.15) is 23.7 Å². The Morgan fingerprint density at radius 3 is 2.42 bits per heavy atom. The minimum absolute atomic E-state index is 0.00122. The van der Waals surface area contributed by atoms with E-state index >= 15 is 0 Å². The van der Waals surface area contributed by atoms with Crippen LogP contribution in [0.25, 0.3) is 10.9 Å². The Bertz CT molecular complexity index is 1250. The number of rotatable bonds is 10. The first kappa shape index (κ1) is 22.1. The molecule has 0 fully saturated rings. The zero-order chi connectivity index (χ0) is 23.0. The normalized spacial score (nSPS) is 10.8. The molecule has 4 rings (SSSR count). The summed E-state index contributed by atoms with van der Waals surface area (Å²) >= 11 is 0. The fourth-order valence-electron chi connectivity index (χ4n) is 3.62. The summed E-state index contributed by atoms with van der Waals surface area (Å²) in [6.45, 7) is 4.36. The predicted octanol–water partition coefficient (Wildman–Crippen LogP) is 4.27. The summed E-state index contributed by atoms with van der Waals surface area (Å²) in [4.78, 5) is 24.2. The fourth-order valence-corrected chi connectivity index (χ4v) is 3.62. The summed E-state index contributed by atoms with van der Waals surface area (Å²) in [5.41, 5.74) is 4.33. The molecule has 2 aromatic carbocycles. The maximum atomic E-state index is 11.6. The van der Waals surface area contributed by atoms with E-state index in [1.165, 1.54) is 12.4 Å². The molecular formula is C24H25N7O2. The van der Waals surface area contributed by atoms with E-state index in [2.05, 4.69) is 43.0 Å². The minimum atomic E-state index is -0.392. The van der Waals surface area contributed by atoms with Crippen molar-refractivity contribution < 1.29 is 4.92 Å². The molecular weight excluding hydrogens is 418 g/mol. The van der Waals surface area contributed by atoms with Crippen molar-refractivity contribution >= 4 is 28.1 Å². The van der Waals surface area contributed by atoms with Gasteiger partial charge < -0.3 is 16.0 Å². The number of benzene rings is 2. The molecule has 0 aliphatic carbocycles. The van der Waals surface area contributed by atoms with Crippen LogP contribution in [0.5, 0.6) is 0 Å². The lowest BCUT2D eigenvalue weighted by atomic mass is 10.1. The van der Waals surface area contributed by atoms with Crippen LogP contribution in [0.15, 0.2) is 67.1 Å². The molecule has 0 amide bonds. The van der Waals surface area contributed by atoms with Crippen molar-refractivity contribution in [1.29, 1.82) is 0 Å². The fraction of sp³-hybridized carbons (Fsp3) is 0.208. The molecule has 9 nitrogen and oxygen atoms in total. The highest BCUT2D eigenvalue weighted by Gasteiger charge is 2.17. The molecule has 0 aliphatic rings. The third-order valence-corrected chi connectivity index (χ3v) is 5.23. The number of aromatic nitrogens is 3. The number of hydrogen-bond acceptors (Lipinski definition) is 8. The third-order valence-electron chi connectivity index (χ3n) is 5.23. The van der Waals surface area contributed by atoms with Gasteiger partial charge in [-0.15, -0.1) is 0 Å². The number of hydrogen-bond donors (Lipinski definition) is 3. The molecule has 0 saturated carbocycles. The summed E-state index contributed by atoms with van der Waals surface area (Å²) in [7, 11) is 0. The van der Waals surface area contributed by atoms with E-state index in [0.717, 1.165) is 16.8 Å². The van der Waals surface area contributed by atoms with Crippen molar-refractivity contribution in [2.75, 3.05) is 17.2 Å². The first-order valence-corrected chi connectivity index (χ1v) is 10.7. The maximum Gasteiger partial charge on any atom is 0.293 e. The standard InChI is InChI=1S/C24H25N7O2/c1-2-26-22-12-21-20(11-23(22)31(32)33)24(30-16-29-21)28-14-18-8-4-3-7-17(18)13-25-15-19-9-5-6-10-27-19/h3-12,16,25-26H,2,13-15H2,1H3,(H,28,29,30). The summed E-state index contributed by atoms with van der Waals surface area (Å²) in [5.74, 6) is 0.558. The highest BCUT2D eigenvalue weighted by Crippen LogP contribution is 2.32. The first-order valence-electron chi connectivity index (χ1n) is 10.7. The second kappa shape index (κ2) is 10.5. The second-order valence-corrected chi connectivity index (χ2v) is 7.44. The van der Waals surface area contributed by atoms with Crippen molar-refractivity contribution in [2.24, 2.45) is 0 Å². The summed E-state index contributed by atoms with van der Waals surface area (Å²) in [6.07, 6.45) is 3.25. The number of anilines is 2. The minimum Gasteiger partial charge on any atom is -0.380 e. The number of nitrogens with one attached hydrogen (secondary N) is 3. The Labute approximate surface area is 191 Å². The van der Waals surface area contributed by atoms with Gasteiger partial charge in [0.2, 0.25) is 0 Å². The SMILES string of the molecule is CCNc1cc2ncnc(NCc3ccccc3CNCc3ccccn3)c2cc1[N+](=O)[O-]. The van der Waals surface area contributed by atoms with E-state index in [4.69, 9.17) is 0 Å². The summed E-state index contributed by atoms with van der Waals surface area (Å²) in [6, 6.07) is 17.2. The maximum absolute atomic E-state index is 11.6. The molecule has 0 aliphatic heterocycles. The number of pyridine rings is 1. The molecule has 0 radical (unpaired) electrons. The van der Waals surface area contributed by atoms with Crippen LogP contribution < -0.4 is 16.0 Å². The second-order valence-electron chi connectivity index (χ2n) is 7.44. The van der Waals surface area contributed by atoms with E-state index in [-0.39, 0.29) is 5.69 Å². The Morgan fingerprint density at radius 1 is 0.909 bits per heavy atom.